The predicted molar refractivity (Wildman–Crippen MR) is 85.3 cm³/mol. The smallest absolute Gasteiger partial charge is 0.408 e. The molecule has 0 radical (unpaired) electrons. The summed E-state index contributed by atoms with van der Waals surface area (Å²) in [6.07, 6.45) is 0. The highest BCUT2D eigenvalue weighted by molar-refractivity contribution is 8.01. The summed E-state index contributed by atoms with van der Waals surface area (Å²) in [4.78, 5) is 11.8. The van der Waals surface area contributed by atoms with Gasteiger partial charge in [0.05, 0.1) is 5.52 Å². The number of nitrogens with one attached hydrogen (secondary N) is 1. The fraction of sp³-hybridized carbons (Fsp3) is 0.308. The number of anilines is 1. The first-order chi connectivity index (χ1) is 10.3. The molecular formula is C13H14N4O2S2. The van der Waals surface area contributed by atoms with Crippen molar-refractivity contribution in [3.05, 3.63) is 34.8 Å². The van der Waals surface area contributed by atoms with Crippen molar-refractivity contribution in [1.82, 2.24) is 14.8 Å². The molecule has 0 aliphatic heterocycles. The maximum Gasteiger partial charge on any atom is 0.419 e. The van der Waals surface area contributed by atoms with Crippen LogP contribution in [0.3, 0.4) is 0 Å². The van der Waals surface area contributed by atoms with Crippen LogP contribution in [0.15, 0.2) is 37.8 Å². The number of fused-ring (bicyclic) bond motifs is 1. The van der Waals surface area contributed by atoms with Crippen LogP contribution in [0.1, 0.15) is 6.92 Å². The topological polar surface area (TPSA) is 73.0 Å². The first kappa shape index (κ1) is 14.2. The van der Waals surface area contributed by atoms with E-state index in [2.05, 4.69) is 15.5 Å². The first-order valence-electron chi connectivity index (χ1n) is 6.56. The van der Waals surface area contributed by atoms with E-state index in [9.17, 15) is 4.79 Å². The van der Waals surface area contributed by atoms with Crippen LogP contribution in [0.5, 0.6) is 0 Å². The Kier molecular flexibility index (Phi) is 4.26. The number of benzene rings is 1. The van der Waals surface area contributed by atoms with Crippen LogP contribution < -0.4 is 11.1 Å². The number of hydrogen-bond acceptors (Lipinski definition) is 7. The zero-order chi connectivity index (χ0) is 14.7. The molecule has 0 saturated heterocycles. The lowest BCUT2D eigenvalue weighted by Crippen LogP contribution is -2.15. The van der Waals surface area contributed by atoms with Crippen LogP contribution in [0, 0.1) is 0 Å². The van der Waals surface area contributed by atoms with Crippen LogP contribution >= 0.6 is 23.1 Å². The molecule has 3 rings (SSSR count). The van der Waals surface area contributed by atoms with Gasteiger partial charge in [0.25, 0.3) is 0 Å². The molecule has 1 N–H and O–H groups in total. The van der Waals surface area contributed by atoms with E-state index in [1.54, 1.807) is 22.4 Å². The Morgan fingerprint density at radius 2 is 2.24 bits per heavy atom. The number of para-hydroxylation sites is 2. The Balaban J connectivity index is 1.66. The zero-order valence-corrected chi connectivity index (χ0v) is 13.0. The van der Waals surface area contributed by atoms with E-state index in [0.29, 0.717) is 12.1 Å². The highest BCUT2D eigenvalue weighted by Crippen LogP contribution is 2.25. The predicted octanol–water partition coefficient (Wildman–Crippen LogP) is 2.67. The molecule has 0 fully saturated rings. The van der Waals surface area contributed by atoms with Crippen molar-refractivity contribution in [3.63, 3.8) is 0 Å². The molecule has 1 aromatic carbocycles. The molecule has 6 nitrogen and oxygen atoms in total. The third-order valence-electron chi connectivity index (χ3n) is 2.85. The van der Waals surface area contributed by atoms with Crippen molar-refractivity contribution in [1.29, 1.82) is 0 Å². The van der Waals surface area contributed by atoms with Crippen molar-refractivity contribution in [3.8, 4) is 0 Å². The number of thioether (sulfide) groups is 1. The van der Waals surface area contributed by atoms with Gasteiger partial charge in [0.15, 0.2) is 9.92 Å². The maximum absolute atomic E-state index is 11.8. The van der Waals surface area contributed by atoms with Gasteiger partial charge in [-0.2, -0.15) is 0 Å². The quantitative estimate of drug-likeness (QED) is 0.703. The zero-order valence-electron chi connectivity index (χ0n) is 11.4. The minimum Gasteiger partial charge on any atom is -0.408 e. The fourth-order valence-electron chi connectivity index (χ4n) is 1.94. The molecule has 3 aromatic rings. The molecule has 110 valence electrons. The van der Waals surface area contributed by atoms with Gasteiger partial charge >= 0.3 is 5.76 Å². The lowest BCUT2D eigenvalue weighted by molar-refractivity contribution is 0.514. The molecular weight excluding hydrogens is 308 g/mol. The first-order valence-corrected chi connectivity index (χ1v) is 8.36. The molecule has 0 spiro atoms. The molecule has 0 aliphatic carbocycles. The van der Waals surface area contributed by atoms with E-state index in [1.807, 2.05) is 25.1 Å². The molecule has 8 heteroatoms. The minimum absolute atomic E-state index is 0.317. The highest BCUT2D eigenvalue weighted by atomic mass is 32.2. The van der Waals surface area contributed by atoms with Crippen LogP contribution in [-0.2, 0) is 6.54 Å². The summed E-state index contributed by atoms with van der Waals surface area (Å²) in [7, 11) is 0. The summed E-state index contributed by atoms with van der Waals surface area (Å²) in [6.45, 7) is 3.43. The second-order valence-corrected chi connectivity index (χ2v) is 6.56. The van der Waals surface area contributed by atoms with Crippen LogP contribution in [0.2, 0.25) is 0 Å². The second-order valence-electron chi connectivity index (χ2n) is 4.24. The Morgan fingerprint density at radius 1 is 1.38 bits per heavy atom. The fourth-order valence-corrected chi connectivity index (χ4v) is 3.76. The van der Waals surface area contributed by atoms with Crippen molar-refractivity contribution < 1.29 is 4.42 Å². The van der Waals surface area contributed by atoms with Crippen LogP contribution in [0.25, 0.3) is 11.1 Å². The summed E-state index contributed by atoms with van der Waals surface area (Å²) in [5.74, 6) is 0.423. The number of nitrogens with zero attached hydrogens (tertiary/aromatic N) is 3. The van der Waals surface area contributed by atoms with Gasteiger partial charge in [-0.05, 0) is 19.1 Å². The Hall–Kier alpha value is -1.80. The average Bonchev–Trinajstić information content (AvgIpc) is 3.05. The highest BCUT2D eigenvalue weighted by Gasteiger charge is 2.09. The third kappa shape index (κ3) is 3.11. The van der Waals surface area contributed by atoms with Crippen molar-refractivity contribution in [2.75, 3.05) is 17.6 Å². The summed E-state index contributed by atoms with van der Waals surface area (Å²) in [5, 5.41) is 12.1. The second kappa shape index (κ2) is 6.31. The average molecular weight is 322 g/mol. The van der Waals surface area contributed by atoms with E-state index < -0.39 is 0 Å². The van der Waals surface area contributed by atoms with E-state index in [0.717, 1.165) is 27.3 Å². The molecule has 0 saturated carbocycles. The SMILES string of the molecule is CCNc1nnc(SCCn2c(=O)oc3ccccc32)s1. The lowest BCUT2D eigenvalue weighted by Gasteiger charge is -2.00. The van der Waals surface area contributed by atoms with E-state index in [1.165, 1.54) is 11.3 Å². The van der Waals surface area contributed by atoms with Crippen molar-refractivity contribution >= 4 is 39.3 Å². The van der Waals surface area contributed by atoms with Crippen LogP contribution in [0.4, 0.5) is 5.13 Å². The van der Waals surface area contributed by atoms with Gasteiger partial charge < -0.3 is 9.73 Å². The Labute approximate surface area is 129 Å². The summed E-state index contributed by atoms with van der Waals surface area (Å²) < 4.78 is 7.74. The normalized spacial score (nSPS) is 11.1. The standard InChI is InChI=1S/C13H14N4O2S2/c1-2-14-11-15-16-12(21-11)20-8-7-17-9-5-3-4-6-10(9)19-13(17)18/h3-6H,2,7-8H2,1H3,(H,14,15). The number of aryl methyl sites for hydroxylation is 1. The maximum atomic E-state index is 11.8. The van der Waals surface area contributed by atoms with Crippen molar-refractivity contribution in [2.45, 2.75) is 17.8 Å². The molecule has 0 amide bonds. The lowest BCUT2D eigenvalue weighted by atomic mass is 10.3. The molecule has 0 atom stereocenters. The van der Waals surface area contributed by atoms with Gasteiger partial charge in [0.1, 0.15) is 0 Å². The number of rotatable bonds is 6. The summed E-state index contributed by atoms with van der Waals surface area (Å²) in [6, 6.07) is 7.44. The molecule has 0 aliphatic rings. The number of hydrogen-bond donors (Lipinski definition) is 1. The third-order valence-corrected chi connectivity index (χ3v) is 4.84. The summed E-state index contributed by atoms with van der Waals surface area (Å²) in [5.41, 5.74) is 1.45. The number of oxazole rings is 1. The largest absolute Gasteiger partial charge is 0.419 e. The van der Waals surface area contributed by atoms with Gasteiger partial charge in [-0.15, -0.1) is 10.2 Å². The molecule has 21 heavy (non-hydrogen) atoms. The molecule has 0 unspecified atom stereocenters. The van der Waals surface area contributed by atoms with E-state index >= 15 is 0 Å². The molecule has 0 bridgehead atoms. The Bertz CT molecular complexity index is 793. The number of aromatic nitrogens is 3. The minimum atomic E-state index is -0.317. The monoisotopic (exact) mass is 322 g/mol. The van der Waals surface area contributed by atoms with E-state index in [-0.39, 0.29) is 5.76 Å². The van der Waals surface area contributed by atoms with Gasteiger partial charge in [-0.1, -0.05) is 35.2 Å². The van der Waals surface area contributed by atoms with Gasteiger partial charge in [-0.25, -0.2) is 4.79 Å². The van der Waals surface area contributed by atoms with Crippen LogP contribution in [-0.4, -0.2) is 27.1 Å². The molecule has 2 heterocycles. The van der Waals surface area contributed by atoms with Gasteiger partial charge in [0.2, 0.25) is 5.13 Å². The van der Waals surface area contributed by atoms with Crippen molar-refractivity contribution in [2.24, 2.45) is 0 Å². The Morgan fingerprint density at radius 3 is 3.10 bits per heavy atom. The molecule has 2 aromatic heterocycles. The van der Waals surface area contributed by atoms with Gasteiger partial charge in [-0.3, -0.25) is 4.57 Å². The van der Waals surface area contributed by atoms with Gasteiger partial charge in [0, 0.05) is 18.8 Å². The van der Waals surface area contributed by atoms with E-state index in [4.69, 9.17) is 4.42 Å². The summed E-state index contributed by atoms with van der Waals surface area (Å²) >= 11 is 3.11.